The Kier molecular flexibility index (Phi) is 3.44. The molecule has 1 aromatic heterocycles. The first-order valence-electron chi connectivity index (χ1n) is 4.80. The van der Waals surface area contributed by atoms with Crippen LogP contribution in [0, 0.1) is 4.77 Å². The van der Waals surface area contributed by atoms with Crippen molar-refractivity contribution in [3.05, 3.63) is 10.6 Å². The summed E-state index contributed by atoms with van der Waals surface area (Å²) in [6, 6.07) is 0. The first-order chi connectivity index (χ1) is 6.53. The molecule has 2 N–H and O–H groups in total. The van der Waals surface area contributed by atoms with Gasteiger partial charge in [-0.05, 0) is 32.5 Å². The lowest BCUT2D eigenvalue weighted by Gasteiger charge is -2.27. The third-order valence-electron chi connectivity index (χ3n) is 2.35. The third kappa shape index (κ3) is 2.04. The third-order valence-corrected chi connectivity index (χ3v) is 2.62. The van der Waals surface area contributed by atoms with Gasteiger partial charge in [0, 0.05) is 5.54 Å². The van der Waals surface area contributed by atoms with Crippen molar-refractivity contribution in [2.75, 3.05) is 0 Å². The fraction of sp³-hybridized carbons (Fsp3) is 0.778. The monoisotopic (exact) mass is 215 g/mol. The topological polar surface area (TPSA) is 53.8 Å². The molecule has 0 fully saturated rings. The minimum atomic E-state index is -0.0864. The van der Waals surface area contributed by atoms with Gasteiger partial charge in [0.2, 0.25) is 0 Å². The zero-order valence-electron chi connectivity index (χ0n) is 8.87. The maximum Gasteiger partial charge on any atom is 0.195 e. The van der Waals surface area contributed by atoms with E-state index in [0.29, 0.717) is 10.6 Å². The number of aromatic amines is 1. The van der Waals surface area contributed by atoms with Crippen molar-refractivity contribution in [2.45, 2.75) is 45.8 Å². The highest BCUT2D eigenvalue weighted by molar-refractivity contribution is 7.71. The number of nitrogens with one attached hydrogen (secondary N) is 1. The number of hydrogen-bond donors (Lipinski definition) is 2. The summed E-state index contributed by atoms with van der Waals surface area (Å²) in [5, 5.41) is 15.8. The number of hydrogen-bond acceptors (Lipinski definition) is 3. The Bertz CT molecular complexity index is 353. The van der Waals surface area contributed by atoms with Gasteiger partial charge < -0.3 is 5.11 Å². The fourth-order valence-corrected chi connectivity index (χ4v) is 2.18. The Labute approximate surface area is 89.0 Å². The van der Waals surface area contributed by atoms with Gasteiger partial charge in [-0.25, -0.2) is 0 Å². The summed E-state index contributed by atoms with van der Waals surface area (Å²) < 4.78 is 2.47. The number of aliphatic hydroxyl groups excluding tert-OH is 1. The summed E-state index contributed by atoms with van der Waals surface area (Å²) in [6.07, 6.45) is 2.08. The van der Waals surface area contributed by atoms with Gasteiger partial charge in [0.05, 0.1) is 0 Å². The Morgan fingerprint density at radius 1 is 1.57 bits per heavy atom. The molecule has 0 unspecified atom stereocenters. The summed E-state index contributed by atoms with van der Waals surface area (Å²) in [6.45, 7) is 6.24. The maximum atomic E-state index is 9.11. The number of aromatic nitrogens is 3. The molecule has 0 aliphatic carbocycles. The van der Waals surface area contributed by atoms with E-state index in [4.69, 9.17) is 17.3 Å². The zero-order chi connectivity index (χ0) is 10.8. The van der Waals surface area contributed by atoms with E-state index in [-0.39, 0.29) is 12.1 Å². The summed E-state index contributed by atoms with van der Waals surface area (Å²) >= 11 is 5.14. The van der Waals surface area contributed by atoms with Crippen molar-refractivity contribution in [1.82, 2.24) is 14.8 Å². The standard InChI is InChI=1S/C9H17N3OS/c1-4-5-9(2,3)12-7(6-13)10-11-8(12)14/h13H,4-6H2,1-3H3,(H,11,14). The molecule has 0 bridgehead atoms. The molecule has 0 aromatic carbocycles. The highest BCUT2D eigenvalue weighted by Gasteiger charge is 2.23. The number of nitrogens with zero attached hydrogens (tertiary/aromatic N) is 2. The fourth-order valence-electron chi connectivity index (χ4n) is 1.78. The average Bonchev–Trinajstić information content (AvgIpc) is 2.47. The lowest BCUT2D eigenvalue weighted by Crippen LogP contribution is -2.28. The molecule has 0 atom stereocenters. The molecule has 0 aliphatic heterocycles. The Balaban J connectivity index is 3.15. The predicted molar refractivity (Wildman–Crippen MR) is 57.6 cm³/mol. The molecule has 0 spiro atoms. The lowest BCUT2D eigenvalue weighted by molar-refractivity contribution is 0.237. The van der Waals surface area contributed by atoms with Gasteiger partial charge in [-0.3, -0.25) is 9.67 Å². The summed E-state index contributed by atoms with van der Waals surface area (Å²) in [4.78, 5) is 0. The van der Waals surface area contributed by atoms with Crippen LogP contribution in [0.5, 0.6) is 0 Å². The van der Waals surface area contributed by atoms with Crippen molar-refractivity contribution in [2.24, 2.45) is 0 Å². The molecule has 0 saturated carbocycles. The van der Waals surface area contributed by atoms with E-state index in [1.807, 2.05) is 4.57 Å². The van der Waals surface area contributed by atoms with E-state index in [1.54, 1.807) is 0 Å². The number of aliphatic hydroxyl groups is 1. The zero-order valence-corrected chi connectivity index (χ0v) is 9.69. The average molecular weight is 215 g/mol. The van der Waals surface area contributed by atoms with Crippen LogP contribution in [0.3, 0.4) is 0 Å². The van der Waals surface area contributed by atoms with Crippen LogP contribution < -0.4 is 0 Å². The van der Waals surface area contributed by atoms with Crippen molar-refractivity contribution in [3.8, 4) is 0 Å². The second-order valence-electron chi connectivity index (χ2n) is 4.00. The molecule has 1 aromatic rings. The Morgan fingerprint density at radius 2 is 2.21 bits per heavy atom. The second-order valence-corrected chi connectivity index (χ2v) is 4.39. The van der Waals surface area contributed by atoms with Gasteiger partial charge in [-0.1, -0.05) is 13.3 Å². The molecule has 0 radical (unpaired) electrons. The van der Waals surface area contributed by atoms with Crippen molar-refractivity contribution >= 4 is 12.2 Å². The van der Waals surface area contributed by atoms with Crippen LogP contribution in [0.25, 0.3) is 0 Å². The van der Waals surface area contributed by atoms with Gasteiger partial charge >= 0.3 is 0 Å². The minimum absolute atomic E-state index is 0.0831. The van der Waals surface area contributed by atoms with Crippen LogP contribution in [0.1, 0.15) is 39.4 Å². The van der Waals surface area contributed by atoms with Crippen LogP contribution in [0.2, 0.25) is 0 Å². The Hall–Kier alpha value is -0.680. The van der Waals surface area contributed by atoms with Gasteiger partial charge in [0.1, 0.15) is 6.61 Å². The van der Waals surface area contributed by atoms with Gasteiger partial charge in [0.25, 0.3) is 0 Å². The largest absolute Gasteiger partial charge is 0.388 e. The highest BCUT2D eigenvalue weighted by Crippen LogP contribution is 2.23. The molecule has 80 valence electrons. The molecule has 14 heavy (non-hydrogen) atoms. The van der Waals surface area contributed by atoms with Crippen molar-refractivity contribution in [3.63, 3.8) is 0 Å². The minimum Gasteiger partial charge on any atom is -0.388 e. The molecule has 1 rings (SSSR count). The molecular formula is C9H17N3OS. The van der Waals surface area contributed by atoms with E-state index in [9.17, 15) is 0 Å². The van der Waals surface area contributed by atoms with Gasteiger partial charge in [-0.15, -0.1) is 0 Å². The summed E-state index contributed by atoms with van der Waals surface area (Å²) in [5.41, 5.74) is -0.0864. The van der Waals surface area contributed by atoms with Gasteiger partial charge in [0.15, 0.2) is 10.6 Å². The van der Waals surface area contributed by atoms with E-state index in [2.05, 4.69) is 31.0 Å². The van der Waals surface area contributed by atoms with E-state index < -0.39 is 0 Å². The second kappa shape index (κ2) is 4.23. The summed E-state index contributed by atoms with van der Waals surface area (Å²) in [5.74, 6) is 0.605. The smallest absolute Gasteiger partial charge is 0.195 e. The molecule has 0 aliphatic rings. The van der Waals surface area contributed by atoms with Crippen molar-refractivity contribution < 1.29 is 5.11 Å². The van der Waals surface area contributed by atoms with Crippen LogP contribution in [0.15, 0.2) is 0 Å². The molecular weight excluding hydrogens is 198 g/mol. The first kappa shape index (κ1) is 11.4. The van der Waals surface area contributed by atoms with E-state index >= 15 is 0 Å². The van der Waals surface area contributed by atoms with E-state index in [0.717, 1.165) is 12.8 Å². The predicted octanol–water partition coefficient (Wildman–Crippen LogP) is 1.97. The molecule has 4 nitrogen and oxygen atoms in total. The van der Waals surface area contributed by atoms with Crippen LogP contribution in [-0.2, 0) is 12.1 Å². The van der Waals surface area contributed by atoms with Crippen LogP contribution in [0.4, 0.5) is 0 Å². The van der Waals surface area contributed by atoms with Crippen LogP contribution in [-0.4, -0.2) is 19.9 Å². The Morgan fingerprint density at radius 3 is 2.71 bits per heavy atom. The maximum absolute atomic E-state index is 9.11. The molecule has 1 heterocycles. The molecule has 0 amide bonds. The normalized spacial score (nSPS) is 12.0. The number of H-pyrrole nitrogens is 1. The quantitative estimate of drug-likeness (QED) is 0.755. The van der Waals surface area contributed by atoms with Gasteiger partial charge in [-0.2, -0.15) is 5.10 Å². The first-order valence-corrected chi connectivity index (χ1v) is 5.21. The lowest BCUT2D eigenvalue weighted by atomic mass is 9.98. The molecule has 5 heteroatoms. The van der Waals surface area contributed by atoms with Crippen molar-refractivity contribution in [1.29, 1.82) is 0 Å². The highest BCUT2D eigenvalue weighted by atomic mass is 32.1. The van der Waals surface area contributed by atoms with Crippen LogP contribution >= 0.6 is 12.2 Å². The van der Waals surface area contributed by atoms with E-state index in [1.165, 1.54) is 0 Å². The SMILES string of the molecule is CCCC(C)(C)n1c(CO)n[nH]c1=S. The molecule has 0 saturated heterocycles. The summed E-state index contributed by atoms with van der Waals surface area (Å²) in [7, 11) is 0. The number of rotatable bonds is 4.